The van der Waals surface area contributed by atoms with Crippen LogP contribution in [0.1, 0.15) is 29.0 Å². The maximum Gasteiger partial charge on any atom is 0.301 e. The van der Waals surface area contributed by atoms with E-state index in [1.165, 1.54) is 27.6 Å². The SMILES string of the molecule is C[C@H]1Cc2cc(C(O)=C3C(=O)C(=O)N(c4nc5ccc(Cl)cc5s4)[C@@H]3c3cccs3)ccc2O1. The lowest BCUT2D eigenvalue weighted by Gasteiger charge is -2.21. The number of amides is 1. The monoisotopic (exact) mass is 508 g/mol. The maximum absolute atomic E-state index is 13.3. The van der Waals surface area contributed by atoms with Crippen molar-refractivity contribution in [3.8, 4) is 5.75 Å². The number of aliphatic hydroxyl groups is 1. The van der Waals surface area contributed by atoms with E-state index in [1.807, 2.05) is 30.5 Å². The molecule has 2 aliphatic rings. The van der Waals surface area contributed by atoms with Crippen molar-refractivity contribution in [3.05, 3.63) is 80.5 Å². The van der Waals surface area contributed by atoms with E-state index in [1.54, 1.807) is 30.3 Å². The van der Waals surface area contributed by atoms with Gasteiger partial charge in [0.25, 0.3) is 5.78 Å². The van der Waals surface area contributed by atoms with Gasteiger partial charge in [-0.25, -0.2) is 4.98 Å². The molecule has 0 bridgehead atoms. The van der Waals surface area contributed by atoms with Crippen molar-refractivity contribution in [3.63, 3.8) is 0 Å². The van der Waals surface area contributed by atoms with Crippen LogP contribution in [0.3, 0.4) is 0 Å². The molecule has 0 saturated carbocycles. The number of rotatable bonds is 3. The first-order chi connectivity index (χ1) is 16.4. The summed E-state index contributed by atoms with van der Waals surface area (Å²) in [5.74, 6) is -0.889. The predicted molar refractivity (Wildman–Crippen MR) is 134 cm³/mol. The molecule has 0 aliphatic carbocycles. The van der Waals surface area contributed by atoms with E-state index in [2.05, 4.69) is 4.98 Å². The summed E-state index contributed by atoms with van der Waals surface area (Å²) in [6.07, 6.45) is 0.768. The molecule has 2 aromatic heterocycles. The van der Waals surface area contributed by atoms with Crippen LogP contribution in [0.15, 0.2) is 59.5 Å². The van der Waals surface area contributed by atoms with Crippen LogP contribution in [0.2, 0.25) is 5.02 Å². The first-order valence-electron chi connectivity index (χ1n) is 10.6. The second-order valence-corrected chi connectivity index (χ2v) is 10.7. The van der Waals surface area contributed by atoms with Gasteiger partial charge in [0.1, 0.15) is 23.7 Å². The molecule has 34 heavy (non-hydrogen) atoms. The summed E-state index contributed by atoms with van der Waals surface area (Å²) in [6.45, 7) is 1.98. The predicted octanol–water partition coefficient (Wildman–Crippen LogP) is 5.96. The molecule has 0 spiro atoms. The van der Waals surface area contributed by atoms with Crippen LogP contribution in [0.25, 0.3) is 16.0 Å². The summed E-state index contributed by atoms with van der Waals surface area (Å²) < 4.78 is 6.56. The fourth-order valence-electron chi connectivity index (χ4n) is 4.46. The van der Waals surface area contributed by atoms with Gasteiger partial charge in [0, 0.05) is 21.9 Å². The largest absolute Gasteiger partial charge is 0.507 e. The van der Waals surface area contributed by atoms with E-state index >= 15 is 0 Å². The number of carbonyl (C=O) groups is 2. The average Bonchev–Trinajstić information content (AvgIpc) is 3.58. The fraction of sp³-hybridized carbons (Fsp3) is 0.160. The Hall–Kier alpha value is -3.20. The molecular weight excluding hydrogens is 492 g/mol. The van der Waals surface area contributed by atoms with Gasteiger partial charge in [0.2, 0.25) is 0 Å². The first kappa shape index (κ1) is 21.3. The number of ketones is 1. The standard InChI is InChI=1S/C25H17ClN2O4S2/c1-12-9-14-10-13(4-7-17(14)32-12)22(29)20-21(18-3-2-8-33-18)28(24(31)23(20)30)25-27-16-6-5-15(26)11-19(16)34-25/h2-8,10-12,21,29H,9H2,1H3/t12-,21+/m0/s1. The van der Waals surface area contributed by atoms with E-state index < -0.39 is 17.7 Å². The van der Waals surface area contributed by atoms with Crippen LogP contribution < -0.4 is 9.64 Å². The van der Waals surface area contributed by atoms with Crippen LogP contribution in [0, 0.1) is 0 Å². The number of aromatic nitrogens is 1. The summed E-state index contributed by atoms with van der Waals surface area (Å²) in [5, 5.41) is 14.1. The zero-order chi connectivity index (χ0) is 23.6. The molecule has 4 heterocycles. The zero-order valence-corrected chi connectivity index (χ0v) is 20.2. The zero-order valence-electron chi connectivity index (χ0n) is 17.8. The number of nitrogens with zero attached hydrogens (tertiary/aromatic N) is 2. The van der Waals surface area contributed by atoms with E-state index in [4.69, 9.17) is 16.3 Å². The van der Waals surface area contributed by atoms with Crippen molar-refractivity contribution in [2.45, 2.75) is 25.5 Å². The number of hydrogen-bond donors (Lipinski definition) is 1. The lowest BCUT2D eigenvalue weighted by molar-refractivity contribution is -0.132. The van der Waals surface area contributed by atoms with Crippen LogP contribution in [-0.4, -0.2) is 27.9 Å². The van der Waals surface area contributed by atoms with E-state index in [-0.39, 0.29) is 17.4 Å². The maximum atomic E-state index is 13.3. The molecule has 1 amide bonds. The molecule has 4 aromatic rings. The minimum atomic E-state index is -0.778. The Morgan fingerprint density at radius 3 is 2.85 bits per heavy atom. The lowest BCUT2D eigenvalue weighted by atomic mass is 9.98. The normalized spacial score (nSPS) is 21.3. The van der Waals surface area contributed by atoms with Crippen molar-refractivity contribution in [1.82, 2.24) is 4.98 Å². The molecule has 2 aliphatic heterocycles. The molecule has 2 aromatic carbocycles. The van der Waals surface area contributed by atoms with E-state index in [0.29, 0.717) is 27.7 Å². The number of benzene rings is 2. The first-order valence-corrected chi connectivity index (χ1v) is 12.7. The number of hydrogen-bond acceptors (Lipinski definition) is 7. The highest BCUT2D eigenvalue weighted by atomic mass is 35.5. The minimum absolute atomic E-state index is 0.0524. The van der Waals surface area contributed by atoms with Gasteiger partial charge in [-0.1, -0.05) is 29.0 Å². The van der Waals surface area contributed by atoms with Gasteiger partial charge in [0.05, 0.1) is 15.8 Å². The molecule has 2 atom stereocenters. The number of aliphatic hydroxyl groups excluding tert-OH is 1. The number of Topliss-reactive ketones (excluding diaryl/α,β-unsaturated/α-hetero) is 1. The second kappa shape index (κ2) is 7.94. The van der Waals surface area contributed by atoms with Gasteiger partial charge >= 0.3 is 5.91 Å². The minimum Gasteiger partial charge on any atom is -0.507 e. The molecule has 1 fully saturated rings. The molecular formula is C25H17ClN2O4S2. The Morgan fingerprint density at radius 2 is 2.06 bits per heavy atom. The van der Waals surface area contributed by atoms with Gasteiger partial charge in [-0.05, 0) is 60.3 Å². The van der Waals surface area contributed by atoms with Gasteiger partial charge in [0.15, 0.2) is 5.13 Å². The van der Waals surface area contributed by atoms with Crippen molar-refractivity contribution in [2.75, 3.05) is 4.90 Å². The Labute approximate surface area is 207 Å². The molecule has 1 N–H and O–H groups in total. The Morgan fingerprint density at radius 1 is 1.21 bits per heavy atom. The van der Waals surface area contributed by atoms with Crippen LogP contribution in [0.5, 0.6) is 5.75 Å². The van der Waals surface area contributed by atoms with Gasteiger partial charge in [-0.15, -0.1) is 11.3 Å². The molecule has 9 heteroatoms. The third-order valence-electron chi connectivity index (χ3n) is 5.97. The smallest absolute Gasteiger partial charge is 0.301 e. The van der Waals surface area contributed by atoms with E-state index in [9.17, 15) is 14.7 Å². The van der Waals surface area contributed by atoms with Crippen molar-refractivity contribution < 1.29 is 19.4 Å². The Balaban J connectivity index is 1.51. The van der Waals surface area contributed by atoms with Crippen molar-refractivity contribution >= 4 is 67.1 Å². The highest BCUT2D eigenvalue weighted by Crippen LogP contribution is 2.46. The number of thiophene rings is 1. The molecule has 1 saturated heterocycles. The van der Waals surface area contributed by atoms with Gasteiger partial charge in [-0.2, -0.15) is 0 Å². The molecule has 0 radical (unpaired) electrons. The third-order valence-corrected chi connectivity index (χ3v) is 8.15. The van der Waals surface area contributed by atoms with Crippen molar-refractivity contribution in [1.29, 1.82) is 0 Å². The average molecular weight is 509 g/mol. The van der Waals surface area contributed by atoms with Crippen LogP contribution in [-0.2, 0) is 16.0 Å². The van der Waals surface area contributed by atoms with Gasteiger partial charge in [-0.3, -0.25) is 14.5 Å². The quantitative estimate of drug-likeness (QED) is 0.210. The summed E-state index contributed by atoms with van der Waals surface area (Å²) in [5.41, 5.74) is 2.18. The van der Waals surface area contributed by atoms with Crippen LogP contribution >= 0.6 is 34.3 Å². The molecule has 170 valence electrons. The number of carbonyl (C=O) groups excluding carboxylic acids is 2. The molecule has 0 unspecified atom stereocenters. The Bertz CT molecular complexity index is 1510. The second-order valence-electron chi connectivity index (χ2n) is 8.25. The number of anilines is 1. The third kappa shape index (κ3) is 3.33. The lowest BCUT2D eigenvalue weighted by Crippen LogP contribution is -2.28. The highest BCUT2D eigenvalue weighted by molar-refractivity contribution is 7.22. The summed E-state index contributed by atoms with van der Waals surface area (Å²) in [7, 11) is 0. The Kier molecular flexibility index (Phi) is 4.98. The number of thiazole rings is 1. The highest BCUT2D eigenvalue weighted by Gasteiger charge is 2.48. The fourth-order valence-corrected chi connectivity index (χ4v) is 6.55. The summed E-state index contributed by atoms with van der Waals surface area (Å²) >= 11 is 8.82. The van der Waals surface area contributed by atoms with Crippen LogP contribution in [0.4, 0.5) is 5.13 Å². The topological polar surface area (TPSA) is 79.7 Å². The molecule has 6 nitrogen and oxygen atoms in total. The summed E-state index contributed by atoms with van der Waals surface area (Å²) in [6, 6.07) is 13.6. The summed E-state index contributed by atoms with van der Waals surface area (Å²) in [4.78, 5) is 33.3. The van der Waals surface area contributed by atoms with Gasteiger partial charge < -0.3 is 9.84 Å². The number of halogens is 1. The van der Waals surface area contributed by atoms with Crippen molar-refractivity contribution in [2.24, 2.45) is 0 Å². The van der Waals surface area contributed by atoms with E-state index in [0.717, 1.165) is 20.9 Å². The number of ether oxygens (including phenoxy) is 1. The number of fused-ring (bicyclic) bond motifs is 2. The molecule has 6 rings (SSSR count).